The molecular weight excluding hydrogens is 308 g/mol. The van der Waals surface area contributed by atoms with Gasteiger partial charge in [-0.1, -0.05) is 61.5 Å². The maximum absolute atomic E-state index is 12.1. The molecule has 0 aliphatic carbocycles. The van der Waals surface area contributed by atoms with Gasteiger partial charge < -0.3 is 0 Å². The van der Waals surface area contributed by atoms with Gasteiger partial charge in [0.05, 0.1) is 18.0 Å². The lowest BCUT2D eigenvalue weighted by atomic mass is 9.98. The second-order valence-electron chi connectivity index (χ2n) is 5.76. The van der Waals surface area contributed by atoms with Gasteiger partial charge >= 0.3 is 0 Å². The first-order valence-corrected chi connectivity index (χ1v) is 9.55. The van der Waals surface area contributed by atoms with Crippen LogP contribution >= 0.6 is 0 Å². The number of aryl methyl sites for hydroxylation is 1. The highest BCUT2D eigenvalue weighted by atomic mass is 32.2. The topological polar surface area (TPSA) is 49.7 Å². The molecule has 2 aromatic carbocycles. The summed E-state index contributed by atoms with van der Waals surface area (Å²) in [6.07, 6.45) is 2.76. The van der Waals surface area contributed by atoms with Crippen molar-refractivity contribution in [3.63, 3.8) is 0 Å². The quantitative estimate of drug-likeness (QED) is 0.864. The molecule has 0 N–H and O–H groups in total. The average Bonchev–Trinajstić information content (AvgIpc) is 3.01. The predicted octanol–water partition coefficient (Wildman–Crippen LogP) is 3.36. The molecule has 1 heterocycles. The van der Waals surface area contributed by atoms with Crippen LogP contribution in [0.4, 0.5) is 0 Å². The first-order chi connectivity index (χ1) is 11.0. The molecule has 0 bridgehead atoms. The van der Waals surface area contributed by atoms with E-state index in [0.717, 1.165) is 23.3 Å². The average molecular weight is 328 g/mol. The molecule has 5 heteroatoms. The third-order valence-corrected chi connectivity index (χ3v) is 5.11. The summed E-state index contributed by atoms with van der Waals surface area (Å²) >= 11 is 0. The normalized spacial score (nSPS) is 18.1. The van der Waals surface area contributed by atoms with Gasteiger partial charge in [0.2, 0.25) is 10.0 Å². The Balaban J connectivity index is 1.97. The van der Waals surface area contributed by atoms with Crippen LogP contribution in [-0.2, 0) is 16.4 Å². The van der Waals surface area contributed by atoms with Crippen molar-refractivity contribution in [3.8, 4) is 0 Å². The van der Waals surface area contributed by atoms with E-state index in [1.54, 1.807) is 0 Å². The highest BCUT2D eigenvalue weighted by Gasteiger charge is 2.34. The van der Waals surface area contributed by atoms with Gasteiger partial charge in [0.1, 0.15) is 0 Å². The van der Waals surface area contributed by atoms with Crippen molar-refractivity contribution in [1.29, 1.82) is 0 Å². The third-order valence-electron chi connectivity index (χ3n) is 4.09. The van der Waals surface area contributed by atoms with E-state index in [9.17, 15) is 8.42 Å². The zero-order chi connectivity index (χ0) is 16.4. The number of sulfonamides is 1. The molecule has 0 saturated carbocycles. The summed E-state index contributed by atoms with van der Waals surface area (Å²) in [6, 6.07) is 17.6. The fourth-order valence-corrected chi connectivity index (χ4v) is 3.73. The van der Waals surface area contributed by atoms with Gasteiger partial charge in [-0.3, -0.25) is 0 Å². The van der Waals surface area contributed by atoms with Crippen LogP contribution in [0.2, 0.25) is 0 Å². The Hall–Kier alpha value is -2.14. The molecule has 4 nitrogen and oxygen atoms in total. The SMILES string of the molecule is CCc1ccc([C@H]2CC(c3ccccc3)=NN2S(C)(=O)=O)cc1. The molecule has 1 aliphatic heterocycles. The predicted molar refractivity (Wildman–Crippen MR) is 92.8 cm³/mol. The van der Waals surface area contributed by atoms with Gasteiger partial charge in [0, 0.05) is 6.42 Å². The Bertz CT molecular complexity index is 812. The molecule has 120 valence electrons. The molecule has 23 heavy (non-hydrogen) atoms. The van der Waals surface area contributed by atoms with Gasteiger partial charge in [-0.2, -0.15) is 9.52 Å². The second-order valence-corrected chi connectivity index (χ2v) is 7.60. The molecule has 0 aromatic heterocycles. The van der Waals surface area contributed by atoms with Crippen molar-refractivity contribution < 1.29 is 8.42 Å². The van der Waals surface area contributed by atoms with Crippen LogP contribution in [0.25, 0.3) is 0 Å². The summed E-state index contributed by atoms with van der Waals surface area (Å²) in [5, 5.41) is 4.39. The molecule has 0 saturated heterocycles. The summed E-state index contributed by atoms with van der Waals surface area (Å²) in [4.78, 5) is 0. The van der Waals surface area contributed by atoms with Crippen molar-refractivity contribution in [1.82, 2.24) is 4.41 Å². The molecule has 0 amide bonds. The van der Waals surface area contributed by atoms with Crippen molar-refractivity contribution in [2.75, 3.05) is 6.26 Å². The van der Waals surface area contributed by atoms with Crippen LogP contribution in [0.5, 0.6) is 0 Å². The zero-order valence-electron chi connectivity index (χ0n) is 13.3. The van der Waals surface area contributed by atoms with Crippen molar-refractivity contribution in [2.24, 2.45) is 5.10 Å². The van der Waals surface area contributed by atoms with Crippen LogP contribution in [0.3, 0.4) is 0 Å². The van der Waals surface area contributed by atoms with Gasteiger partial charge in [-0.05, 0) is 23.1 Å². The Labute approximate surface area is 137 Å². The van der Waals surface area contributed by atoms with E-state index >= 15 is 0 Å². The van der Waals surface area contributed by atoms with Crippen LogP contribution in [0.15, 0.2) is 59.7 Å². The summed E-state index contributed by atoms with van der Waals surface area (Å²) in [5.41, 5.74) is 3.98. The lowest BCUT2D eigenvalue weighted by molar-refractivity contribution is 0.375. The number of rotatable bonds is 4. The molecule has 1 atom stereocenters. The Morgan fingerprint density at radius 1 is 1.09 bits per heavy atom. The van der Waals surface area contributed by atoms with E-state index in [4.69, 9.17) is 0 Å². The Morgan fingerprint density at radius 2 is 1.74 bits per heavy atom. The Kier molecular flexibility index (Phi) is 4.22. The fraction of sp³-hybridized carbons (Fsp3) is 0.278. The van der Waals surface area contributed by atoms with Gasteiger partial charge in [-0.25, -0.2) is 8.42 Å². The van der Waals surface area contributed by atoms with Crippen molar-refractivity contribution in [2.45, 2.75) is 25.8 Å². The molecule has 1 aliphatic rings. The molecule has 3 rings (SSSR count). The lowest BCUT2D eigenvalue weighted by Gasteiger charge is -2.21. The van der Waals surface area contributed by atoms with E-state index < -0.39 is 10.0 Å². The van der Waals surface area contributed by atoms with E-state index in [0.29, 0.717) is 6.42 Å². The molecule has 0 spiro atoms. The number of hydrazone groups is 1. The summed E-state index contributed by atoms with van der Waals surface area (Å²) in [7, 11) is -3.41. The van der Waals surface area contributed by atoms with Gasteiger partial charge in [0.25, 0.3) is 0 Å². The number of hydrogen-bond acceptors (Lipinski definition) is 3. The van der Waals surface area contributed by atoms with Crippen LogP contribution in [0.1, 0.15) is 36.1 Å². The van der Waals surface area contributed by atoms with Crippen LogP contribution in [-0.4, -0.2) is 24.8 Å². The molecule has 0 radical (unpaired) electrons. The van der Waals surface area contributed by atoms with E-state index in [-0.39, 0.29) is 6.04 Å². The molecular formula is C18H20N2O2S. The lowest BCUT2D eigenvalue weighted by Crippen LogP contribution is -2.25. The number of hydrogen-bond donors (Lipinski definition) is 0. The van der Waals surface area contributed by atoms with E-state index in [1.807, 2.05) is 42.5 Å². The molecule has 0 unspecified atom stereocenters. The van der Waals surface area contributed by atoms with Crippen molar-refractivity contribution in [3.05, 3.63) is 71.3 Å². The van der Waals surface area contributed by atoms with Crippen LogP contribution in [0, 0.1) is 0 Å². The minimum absolute atomic E-state index is 0.272. The third kappa shape index (κ3) is 3.29. The highest BCUT2D eigenvalue weighted by molar-refractivity contribution is 7.88. The van der Waals surface area contributed by atoms with Gasteiger partial charge in [-0.15, -0.1) is 0 Å². The van der Waals surface area contributed by atoms with E-state index in [1.165, 1.54) is 16.2 Å². The maximum Gasteiger partial charge on any atom is 0.247 e. The summed E-state index contributed by atoms with van der Waals surface area (Å²) < 4.78 is 25.5. The zero-order valence-corrected chi connectivity index (χ0v) is 14.1. The Morgan fingerprint density at radius 3 is 2.30 bits per heavy atom. The fourth-order valence-electron chi connectivity index (χ4n) is 2.82. The van der Waals surface area contributed by atoms with E-state index in [2.05, 4.69) is 24.2 Å². The van der Waals surface area contributed by atoms with Crippen LogP contribution < -0.4 is 0 Å². The first kappa shape index (κ1) is 15.7. The van der Waals surface area contributed by atoms with Gasteiger partial charge in [0.15, 0.2) is 0 Å². The standard InChI is InChI=1S/C18H20N2O2S/c1-3-14-9-11-16(12-10-14)18-13-17(15-7-5-4-6-8-15)19-20(18)23(2,21)22/h4-12,18H,3,13H2,1-2H3/t18-/m1/s1. The monoisotopic (exact) mass is 328 g/mol. The minimum Gasteiger partial charge on any atom is -0.205 e. The molecule has 0 fully saturated rings. The number of benzene rings is 2. The maximum atomic E-state index is 12.1. The smallest absolute Gasteiger partial charge is 0.205 e. The largest absolute Gasteiger partial charge is 0.247 e. The number of nitrogens with zero attached hydrogens (tertiary/aromatic N) is 2. The summed E-state index contributed by atoms with van der Waals surface area (Å²) in [5.74, 6) is 0. The minimum atomic E-state index is -3.41. The second kappa shape index (κ2) is 6.16. The highest BCUT2D eigenvalue weighted by Crippen LogP contribution is 2.34. The van der Waals surface area contributed by atoms with Crippen molar-refractivity contribution >= 4 is 15.7 Å². The molecule has 2 aromatic rings. The first-order valence-electron chi connectivity index (χ1n) is 7.70. The summed E-state index contributed by atoms with van der Waals surface area (Å²) in [6.45, 7) is 2.10.